The van der Waals surface area contributed by atoms with E-state index >= 15 is 0 Å². The lowest BCUT2D eigenvalue weighted by Crippen LogP contribution is -2.51. The van der Waals surface area contributed by atoms with Crippen molar-refractivity contribution in [2.45, 2.75) is 38.3 Å². The van der Waals surface area contributed by atoms with Crippen LogP contribution in [-0.2, 0) is 16.1 Å². The lowest BCUT2D eigenvalue weighted by Gasteiger charge is -2.43. The molecular weight excluding hydrogens is 424 g/mol. The number of benzene rings is 2. The number of likely N-dealkylation sites (tertiary alicyclic amines) is 1. The van der Waals surface area contributed by atoms with Crippen LogP contribution in [0.2, 0.25) is 0 Å². The summed E-state index contributed by atoms with van der Waals surface area (Å²) < 4.78 is 17.2. The van der Waals surface area contributed by atoms with Crippen LogP contribution in [0, 0.1) is 0 Å². The van der Waals surface area contributed by atoms with Crippen molar-refractivity contribution in [2.75, 3.05) is 26.8 Å². The van der Waals surface area contributed by atoms with E-state index in [9.17, 15) is 14.4 Å². The molecule has 1 N–H and O–H groups in total. The van der Waals surface area contributed by atoms with Gasteiger partial charge in [0.15, 0.2) is 12.4 Å². The highest BCUT2D eigenvalue weighted by Crippen LogP contribution is 2.40. The molecule has 4 rings (SSSR count). The molecule has 2 heterocycles. The zero-order chi connectivity index (χ0) is 23.4. The Morgan fingerprint density at radius 3 is 2.64 bits per heavy atom. The molecule has 2 amide bonds. The van der Waals surface area contributed by atoms with Crippen LogP contribution in [0.25, 0.3) is 0 Å². The summed E-state index contributed by atoms with van der Waals surface area (Å²) in [4.78, 5) is 38.4. The van der Waals surface area contributed by atoms with Gasteiger partial charge in [-0.25, -0.2) is 0 Å². The Bertz CT molecular complexity index is 1060. The molecule has 0 unspecified atom stereocenters. The lowest BCUT2D eigenvalue weighted by atomic mass is 9.82. The highest BCUT2D eigenvalue weighted by molar-refractivity contribution is 6.00. The summed E-state index contributed by atoms with van der Waals surface area (Å²) in [5, 5.41) is 2.81. The average Bonchev–Trinajstić information content (AvgIpc) is 2.81. The summed E-state index contributed by atoms with van der Waals surface area (Å²) in [5.41, 5.74) is 0.790. The van der Waals surface area contributed by atoms with Gasteiger partial charge >= 0.3 is 0 Å². The van der Waals surface area contributed by atoms with Gasteiger partial charge < -0.3 is 24.4 Å². The number of fused-ring (bicyclic) bond motifs is 1. The Labute approximate surface area is 192 Å². The molecule has 0 aromatic heterocycles. The highest BCUT2D eigenvalue weighted by atomic mass is 16.5. The minimum Gasteiger partial charge on any atom is -0.496 e. The Morgan fingerprint density at radius 2 is 1.91 bits per heavy atom. The first kappa shape index (κ1) is 22.6. The molecule has 1 spiro atoms. The first-order valence-electron chi connectivity index (χ1n) is 11.0. The maximum Gasteiger partial charge on any atom is 0.258 e. The number of rotatable bonds is 6. The molecule has 8 nitrogen and oxygen atoms in total. The smallest absolute Gasteiger partial charge is 0.258 e. The van der Waals surface area contributed by atoms with Gasteiger partial charge in [-0.05, 0) is 18.2 Å². The molecule has 2 aromatic carbocycles. The Hall–Kier alpha value is -3.55. The minimum atomic E-state index is -0.596. The second-order valence-corrected chi connectivity index (χ2v) is 8.43. The fourth-order valence-corrected chi connectivity index (χ4v) is 4.32. The Balaban J connectivity index is 1.36. The maximum atomic E-state index is 12.7. The quantitative estimate of drug-likeness (QED) is 0.724. The van der Waals surface area contributed by atoms with Crippen molar-refractivity contribution in [1.29, 1.82) is 0 Å². The van der Waals surface area contributed by atoms with Gasteiger partial charge in [0.05, 0.1) is 19.1 Å². The SMILES string of the molecule is COc1ccccc1CNC(=O)COc1ccc2c(c1)OC1(CCN(C(C)=O)CC1)CC2=O. The van der Waals surface area contributed by atoms with E-state index in [1.807, 2.05) is 24.3 Å². The second kappa shape index (κ2) is 9.52. The van der Waals surface area contributed by atoms with Crippen LogP contribution < -0.4 is 19.5 Å². The van der Waals surface area contributed by atoms with E-state index in [2.05, 4.69) is 5.32 Å². The molecule has 1 fully saturated rings. The summed E-state index contributed by atoms with van der Waals surface area (Å²) in [6.45, 7) is 2.85. The van der Waals surface area contributed by atoms with E-state index in [4.69, 9.17) is 14.2 Å². The molecule has 2 aliphatic rings. The lowest BCUT2D eigenvalue weighted by molar-refractivity contribution is -0.132. The third-order valence-electron chi connectivity index (χ3n) is 6.22. The van der Waals surface area contributed by atoms with Gasteiger partial charge in [0.25, 0.3) is 5.91 Å². The number of hydrogen-bond donors (Lipinski definition) is 1. The monoisotopic (exact) mass is 452 g/mol. The van der Waals surface area contributed by atoms with E-state index < -0.39 is 5.60 Å². The summed E-state index contributed by atoms with van der Waals surface area (Å²) in [6, 6.07) is 12.5. The van der Waals surface area contributed by atoms with E-state index in [0.29, 0.717) is 61.7 Å². The molecule has 0 aliphatic carbocycles. The first-order chi connectivity index (χ1) is 15.9. The van der Waals surface area contributed by atoms with Crippen LogP contribution in [0.5, 0.6) is 17.2 Å². The van der Waals surface area contributed by atoms with E-state index in [-0.39, 0.29) is 24.2 Å². The summed E-state index contributed by atoms with van der Waals surface area (Å²) in [7, 11) is 1.59. The normalized spacial score (nSPS) is 16.5. The van der Waals surface area contributed by atoms with Crippen LogP contribution >= 0.6 is 0 Å². The zero-order valence-corrected chi connectivity index (χ0v) is 18.9. The predicted octanol–water partition coefficient (Wildman–Crippen LogP) is 2.74. The number of carbonyl (C=O) groups excluding carboxylic acids is 3. The van der Waals surface area contributed by atoms with Crippen molar-refractivity contribution in [3.05, 3.63) is 53.6 Å². The second-order valence-electron chi connectivity index (χ2n) is 8.43. The zero-order valence-electron chi connectivity index (χ0n) is 18.9. The van der Waals surface area contributed by atoms with Crippen LogP contribution in [0.1, 0.15) is 42.1 Å². The maximum absolute atomic E-state index is 12.7. The van der Waals surface area contributed by atoms with E-state index in [1.54, 1.807) is 37.1 Å². The average molecular weight is 453 g/mol. The van der Waals surface area contributed by atoms with Gasteiger partial charge in [-0.15, -0.1) is 0 Å². The van der Waals surface area contributed by atoms with Gasteiger partial charge in [-0.3, -0.25) is 14.4 Å². The third-order valence-corrected chi connectivity index (χ3v) is 6.22. The number of carbonyl (C=O) groups is 3. The van der Waals surface area contributed by atoms with Crippen LogP contribution in [0.4, 0.5) is 0 Å². The van der Waals surface area contributed by atoms with Crippen molar-refractivity contribution < 1.29 is 28.6 Å². The topological polar surface area (TPSA) is 94.2 Å². The molecule has 0 bridgehead atoms. The Morgan fingerprint density at radius 1 is 1.15 bits per heavy atom. The van der Waals surface area contributed by atoms with Gasteiger partial charge in [0.2, 0.25) is 5.91 Å². The van der Waals surface area contributed by atoms with E-state index in [1.165, 1.54) is 0 Å². The number of Topliss-reactive ketones (excluding diaryl/α,β-unsaturated/α-hetero) is 1. The third kappa shape index (κ3) is 5.10. The number of hydrogen-bond acceptors (Lipinski definition) is 6. The van der Waals surface area contributed by atoms with Gasteiger partial charge in [-0.1, -0.05) is 18.2 Å². The molecule has 0 atom stereocenters. The standard InChI is InChI=1S/C25H28N2O6/c1-17(28)27-11-9-25(10-12-27)14-21(29)20-8-7-19(13-23(20)33-25)32-16-24(30)26-15-18-5-3-4-6-22(18)31-2/h3-8,13H,9-12,14-16H2,1-2H3,(H,26,30). The molecule has 1 saturated heterocycles. The molecule has 174 valence electrons. The number of amides is 2. The minimum absolute atomic E-state index is 0.0219. The fourth-order valence-electron chi connectivity index (χ4n) is 4.32. The molecule has 0 saturated carbocycles. The summed E-state index contributed by atoms with van der Waals surface area (Å²) in [5.74, 6) is 1.41. The van der Waals surface area contributed by atoms with Gasteiger partial charge in [0.1, 0.15) is 22.8 Å². The van der Waals surface area contributed by atoms with Crippen LogP contribution in [-0.4, -0.2) is 54.9 Å². The number of ketones is 1. The first-order valence-corrected chi connectivity index (χ1v) is 11.0. The molecular formula is C25H28N2O6. The van der Waals surface area contributed by atoms with Crippen molar-refractivity contribution >= 4 is 17.6 Å². The number of nitrogens with zero attached hydrogens (tertiary/aromatic N) is 1. The molecule has 2 aromatic rings. The molecule has 0 radical (unpaired) electrons. The fraction of sp³-hybridized carbons (Fsp3) is 0.400. The van der Waals surface area contributed by atoms with Crippen LogP contribution in [0.15, 0.2) is 42.5 Å². The molecule has 8 heteroatoms. The summed E-state index contributed by atoms with van der Waals surface area (Å²) in [6.07, 6.45) is 1.51. The number of para-hydroxylation sites is 1. The van der Waals surface area contributed by atoms with Crippen molar-refractivity contribution in [2.24, 2.45) is 0 Å². The van der Waals surface area contributed by atoms with Crippen molar-refractivity contribution in [1.82, 2.24) is 10.2 Å². The predicted molar refractivity (Wildman–Crippen MR) is 121 cm³/mol. The number of ether oxygens (including phenoxy) is 3. The van der Waals surface area contributed by atoms with Crippen molar-refractivity contribution in [3.63, 3.8) is 0 Å². The largest absolute Gasteiger partial charge is 0.496 e. The van der Waals surface area contributed by atoms with Gasteiger partial charge in [-0.2, -0.15) is 0 Å². The van der Waals surface area contributed by atoms with Crippen molar-refractivity contribution in [3.8, 4) is 17.2 Å². The van der Waals surface area contributed by atoms with Crippen LogP contribution in [0.3, 0.4) is 0 Å². The molecule has 2 aliphatic heterocycles. The highest BCUT2D eigenvalue weighted by Gasteiger charge is 2.43. The summed E-state index contributed by atoms with van der Waals surface area (Å²) >= 11 is 0. The number of piperidine rings is 1. The molecule has 33 heavy (non-hydrogen) atoms. The van der Waals surface area contributed by atoms with E-state index in [0.717, 1.165) is 5.56 Å². The number of nitrogens with one attached hydrogen (secondary N) is 1. The number of methoxy groups -OCH3 is 1. The Kier molecular flexibility index (Phi) is 6.53. The van der Waals surface area contributed by atoms with Gasteiger partial charge in [0, 0.05) is 51.0 Å².